The number of hydrogen-bond acceptors (Lipinski definition) is 7. The lowest BCUT2D eigenvalue weighted by atomic mass is 10.1. The fourth-order valence-corrected chi connectivity index (χ4v) is 2.57. The van der Waals surface area contributed by atoms with Crippen LogP contribution >= 0.6 is 0 Å². The number of carbonyl (C=O) groups excluding carboxylic acids is 2. The molecule has 0 aliphatic carbocycles. The third-order valence-electron chi connectivity index (χ3n) is 3.90. The summed E-state index contributed by atoms with van der Waals surface area (Å²) in [7, 11) is 0. The summed E-state index contributed by atoms with van der Waals surface area (Å²) in [6, 6.07) is 7.33. The molecule has 1 atom stereocenters. The van der Waals surface area contributed by atoms with Crippen LogP contribution in [0, 0.1) is 6.92 Å². The number of hydrogen-bond donors (Lipinski definition) is 1. The van der Waals surface area contributed by atoms with Crippen LogP contribution in [0.1, 0.15) is 28.7 Å². The molecule has 0 fully saturated rings. The second kappa shape index (κ2) is 7.90. The van der Waals surface area contributed by atoms with Crippen molar-refractivity contribution in [3.63, 3.8) is 0 Å². The molecule has 0 saturated carbocycles. The Morgan fingerprint density at radius 2 is 2.08 bits per heavy atom. The molecule has 0 saturated heterocycles. The molecular formula is C18H20N2O6. The predicted molar refractivity (Wildman–Crippen MR) is 90.3 cm³/mol. The molecule has 26 heavy (non-hydrogen) atoms. The van der Waals surface area contributed by atoms with Crippen LogP contribution in [0.3, 0.4) is 0 Å². The minimum atomic E-state index is -0.623. The molecule has 8 nitrogen and oxygen atoms in total. The molecule has 1 aromatic carbocycles. The van der Waals surface area contributed by atoms with E-state index in [2.05, 4.69) is 10.5 Å². The van der Waals surface area contributed by atoms with Crippen molar-refractivity contribution in [2.75, 3.05) is 19.8 Å². The van der Waals surface area contributed by atoms with Crippen LogP contribution < -0.4 is 14.8 Å². The third-order valence-corrected chi connectivity index (χ3v) is 3.90. The molecule has 1 amide bonds. The monoisotopic (exact) mass is 360 g/mol. The maximum absolute atomic E-state index is 12.1. The number of benzene rings is 1. The number of nitrogens with one attached hydrogen (secondary N) is 1. The zero-order valence-electron chi connectivity index (χ0n) is 14.6. The van der Waals surface area contributed by atoms with Gasteiger partial charge in [0.25, 0.3) is 5.91 Å². The number of ether oxygens (including phenoxy) is 3. The first kappa shape index (κ1) is 17.8. The Bertz CT molecular complexity index is 801. The summed E-state index contributed by atoms with van der Waals surface area (Å²) in [6.45, 7) is 3.66. The van der Waals surface area contributed by atoms with Crippen molar-refractivity contribution >= 4 is 11.9 Å². The highest BCUT2D eigenvalue weighted by molar-refractivity contribution is 5.93. The molecule has 1 aliphatic rings. The van der Waals surface area contributed by atoms with Gasteiger partial charge in [-0.25, -0.2) is 4.79 Å². The molecule has 1 aromatic heterocycles. The Morgan fingerprint density at radius 3 is 2.85 bits per heavy atom. The number of fused-ring (bicyclic) bond motifs is 1. The van der Waals surface area contributed by atoms with Crippen LogP contribution in [0.15, 0.2) is 28.8 Å². The van der Waals surface area contributed by atoms with Crippen LogP contribution in [-0.2, 0) is 16.0 Å². The van der Waals surface area contributed by atoms with Gasteiger partial charge in [0.15, 0.2) is 18.1 Å². The maximum Gasteiger partial charge on any atom is 0.344 e. The number of carbonyl (C=O) groups is 2. The average Bonchev–Trinajstić information content (AvgIpc) is 3.05. The van der Waals surface area contributed by atoms with Gasteiger partial charge in [0, 0.05) is 0 Å². The van der Waals surface area contributed by atoms with E-state index in [9.17, 15) is 9.59 Å². The third kappa shape index (κ3) is 3.96. The van der Waals surface area contributed by atoms with Crippen molar-refractivity contribution in [2.45, 2.75) is 26.4 Å². The summed E-state index contributed by atoms with van der Waals surface area (Å²) >= 11 is 0. The Kier molecular flexibility index (Phi) is 5.40. The Morgan fingerprint density at radius 1 is 1.31 bits per heavy atom. The topological polar surface area (TPSA) is 99.9 Å². The number of para-hydroxylation sites is 2. The van der Waals surface area contributed by atoms with E-state index in [1.165, 1.54) is 0 Å². The summed E-state index contributed by atoms with van der Waals surface area (Å²) in [4.78, 5) is 24.0. The van der Waals surface area contributed by atoms with E-state index in [0.29, 0.717) is 36.0 Å². The molecule has 138 valence electrons. The van der Waals surface area contributed by atoms with E-state index >= 15 is 0 Å². The maximum atomic E-state index is 12.1. The molecule has 8 heteroatoms. The van der Waals surface area contributed by atoms with Crippen molar-refractivity contribution in [3.8, 4) is 11.5 Å². The minimum Gasteiger partial charge on any atom is -0.486 e. The fraction of sp³-hybridized carbons (Fsp3) is 0.389. The first-order valence-corrected chi connectivity index (χ1v) is 8.36. The number of amides is 1. The van der Waals surface area contributed by atoms with Gasteiger partial charge in [-0.15, -0.1) is 0 Å². The van der Waals surface area contributed by atoms with Crippen LogP contribution in [0.25, 0.3) is 0 Å². The van der Waals surface area contributed by atoms with Gasteiger partial charge in [0.05, 0.1) is 12.2 Å². The highest BCUT2D eigenvalue weighted by atomic mass is 16.6. The van der Waals surface area contributed by atoms with Crippen molar-refractivity contribution < 1.29 is 28.3 Å². The quantitative estimate of drug-likeness (QED) is 0.782. The molecule has 1 unspecified atom stereocenters. The fourth-order valence-electron chi connectivity index (χ4n) is 2.57. The van der Waals surface area contributed by atoms with E-state index in [0.717, 1.165) is 0 Å². The molecule has 0 radical (unpaired) electrons. The first-order chi connectivity index (χ1) is 12.6. The van der Waals surface area contributed by atoms with Gasteiger partial charge in [-0.1, -0.05) is 24.2 Å². The van der Waals surface area contributed by atoms with Gasteiger partial charge in [-0.2, -0.15) is 0 Å². The lowest BCUT2D eigenvalue weighted by molar-refractivity contribution is -0.124. The number of nitrogens with zero attached hydrogens (tertiary/aromatic N) is 1. The highest BCUT2D eigenvalue weighted by Crippen LogP contribution is 2.30. The van der Waals surface area contributed by atoms with E-state index < -0.39 is 18.5 Å². The average molecular weight is 360 g/mol. The SMILES string of the molecule is CCc1noc(C)c1C(=O)OCC(=O)NCC1COc2ccccc2O1. The second-order valence-electron chi connectivity index (χ2n) is 5.79. The summed E-state index contributed by atoms with van der Waals surface area (Å²) in [5.41, 5.74) is 0.792. The van der Waals surface area contributed by atoms with E-state index in [-0.39, 0.29) is 18.2 Å². The van der Waals surface area contributed by atoms with Crippen molar-refractivity contribution in [3.05, 3.63) is 41.3 Å². The molecule has 1 N–H and O–H groups in total. The Balaban J connectivity index is 1.45. The van der Waals surface area contributed by atoms with Gasteiger partial charge in [0.2, 0.25) is 0 Å². The van der Waals surface area contributed by atoms with Crippen molar-refractivity contribution in [1.82, 2.24) is 10.5 Å². The number of esters is 1. The van der Waals surface area contributed by atoms with Crippen LogP contribution in [0.5, 0.6) is 11.5 Å². The van der Waals surface area contributed by atoms with E-state index in [1.807, 2.05) is 25.1 Å². The van der Waals surface area contributed by atoms with Gasteiger partial charge in [-0.05, 0) is 25.5 Å². The Labute approximate surface area is 150 Å². The van der Waals surface area contributed by atoms with E-state index in [1.54, 1.807) is 13.0 Å². The lowest BCUT2D eigenvalue weighted by Crippen LogP contribution is -2.42. The number of aryl methyl sites for hydroxylation is 2. The van der Waals surface area contributed by atoms with Crippen LogP contribution in [0.4, 0.5) is 0 Å². The molecule has 1 aliphatic heterocycles. The van der Waals surface area contributed by atoms with Crippen molar-refractivity contribution in [2.24, 2.45) is 0 Å². The molecule has 0 spiro atoms. The van der Waals surface area contributed by atoms with Crippen molar-refractivity contribution in [1.29, 1.82) is 0 Å². The van der Waals surface area contributed by atoms with Gasteiger partial charge < -0.3 is 24.1 Å². The summed E-state index contributed by atoms with van der Waals surface area (Å²) in [5.74, 6) is 0.646. The minimum absolute atomic E-state index is 0.247. The molecular weight excluding hydrogens is 340 g/mol. The van der Waals surface area contributed by atoms with Crippen LogP contribution in [-0.4, -0.2) is 42.9 Å². The summed E-state index contributed by atoms with van der Waals surface area (Å²) < 4.78 is 21.4. The standard InChI is InChI=1S/C18H20N2O6/c1-3-13-17(11(2)26-20-13)18(22)24-10-16(21)19-8-12-9-23-14-6-4-5-7-15(14)25-12/h4-7,12H,3,8-10H2,1-2H3,(H,19,21). The first-order valence-electron chi connectivity index (χ1n) is 8.36. The number of aromatic nitrogens is 1. The largest absolute Gasteiger partial charge is 0.486 e. The normalized spacial score (nSPS) is 15.4. The molecule has 2 heterocycles. The van der Waals surface area contributed by atoms with Gasteiger partial charge >= 0.3 is 5.97 Å². The lowest BCUT2D eigenvalue weighted by Gasteiger charge is -2.26. The zero-order chi connectivity index (χ0) is 18.5. The zero-order valence-corrected chi connectivity index (χ0v) is 14.6. The second-order valence-corrected chi connectivity index (χ2v) is 5.79. The van der Waals surface area contributed by atoms with E-state index in [4.69, 9.17) is 18.7 Å². The smallest absolute Gasteiger partial charge is 0.344 e. The highest BCUT2D eigenvalue weighted by Gasteiger charge is 2.23. The summed E-state index contributed by atoms with van der Waals surface area (Å²) in [6.07, 6.45) is 0.227. The Hall–Kier alpha value is -3.03. The molecule has 3 rings (SSSR count). The molecule has 2 aromatic rings. The number of rotatable bonds is 6. The predicted octanol–water partition coefficient (Wildman–Crippen LogP) is 1.66. The van der Waals surface area contributed by atoms with Gasteiger partial charge in [-0.3, -0.25) is 4.79 Å². The summed E-state index contributed by atoms with van der Waals surface area (Å²) in [5, 5.41) is 6.46. The molecule has 0 bridgehead atoms. The van der Waals surface area contributed by atoms with Gasteiger partial charge in [0.1, 0.15) is 24.0 Å². The van der Waals surface area contributed by atoms with Crippen LogP contribution in [0.2, 0.25) is 0 Å².